The molecule has 0 aromatic heterocycles. The van der Waals surface area contributed by atoms with Gasteiger partial charge in [0.2, 0.25) is 10.0 Å². The van der Waals surface area contributed by atoms with Gasteiger partial charge in [0.05, 0.1) is 11.5 Å². The number of nitrogens with zero attached hydrogens (tertiary/aromatic N) is 1. The van der Waals surface area contributed by atoms with Crippen LogP contribution in [0.1, 0.15) is 41.6 Å². The number of hydrogen-bond donors (Lipinski definition) is 1. The van der Waals surface area contributed by atoms with E-state index < -0.39 is 10.0 Å². The van der Waals surface area contributed by atoms with Crippen molar-refractivity contribution in [3.63, 3.8) is 0 Å². The van der Waals surface area contributed by atoms with Crippen LogP contribution in [0.5, 0.6) is 5.75 Å². The predicted molar refractivity (Wildman–Crippen MR) is 134 cm³/mol. The molecule has 1 aliphatic heterocycles. The van der Waals surface area contributed by atoms with Gasteiger partial charge >= 0.3 is 0 Å². The zero-order chi connectivity index (χ0) is 23.8. The van der Waals surface area contributed by atoms with E-state index >= 15 is 0 Å². The fourth-order valence-electron chi connectivity index (χ4n) is 3.98. The molecule has 1 heterocycles. The number of ether oxygens (including phenoxy) is 1. The first-order valence-electron chi connectivity index (χ1n) is 11.7. The molecule has 0 saturated carbocycles. The standard InChI is InChI=1S/C27H30N2O4S/c30-27(23-10-14-25(15-11-23)33-21-18-22-8-4-3-5-9-22)28-24-12-16-26(17-13-24)34(31,32)29-19-6-1-2-7-20-29/h3-5,8-17H,1-2,6-7,18-21H2,(H,28,30). The molecule has 178 valence electrons. The van der Waals surface area contributed by atoms with Crippen LogP contribution in [0, 0.1) is 0 Å². The van der Waals surface area contributed by atoms with E-state index in [9.17, 15) is 13.2 Å². The number of anilines is 1. The lowest BCUT2D eigenvalue weighted by Gasteiger charge is -2.20. The van der Waals surface area contributed by atoms with Gasteiger partial charge in [-0.1, -0.05) is 43.2 Å². The summed E-state index contributed by atoms with van der Waals surface area (Å²) >= 11 is 0. The molecule has 0 bridgehead atoms. The van der Waals surface area contributed by atoms with Crippen LogP contribution >= 0.6 is 0 Å². The third-order valence-corrected chi connectivity index (χ3v) is 7.85. The minimum absolute atomic E-state index is 0.254. The van der Waals surface area contributed by atoms with E-state index in [0.29, 0.717) is 36.7 Å². The van der Waals surface area contributed by atoms with Gasteiger partial charge in [-0.15, -0.1) is 0 Å². The Hall–Kier alpha value is -3.16. The van der Waals surface area contributed by atoms with E-state index in [1.165, 1.54) is 5.56 Å². The summed E-state index contributed by atoms with van der Waals surface area (Å²) in [6.45, 7) is 1.68. The minimum Gasteiger partial charge on any atom is -0.493 e. The van der Waals surface area contributed by atoms with Crippen molar-refractivity contribution >= 4 is 21.6 Å². The number of sulfonamides is 1. The van der Waals surface area contributed by atoms with Crippen molar-refractivity contribution in [2.45, 2.75) is 37.0 Å². The van der Waals surface area contributed by atoms with Crippen LogP contribution in [0.3, 0.4) is 0 Å². The number of amides is 1. The van der Waals surface area contributed by atoms with Gasteiger partial charge in [0.15, 0.2) is 0 Å². The molecule has 1 aliphatic rings. The van der Waals surface area contributed by atoms with E-state index in [1.807, 2.05) is 18.2 Å². The van der Waals surface area contributed by atoms with Crippen molar-refractivity contribution in [2.24, 2.45) is 0 Å². The lowest BCUT2D eigenvalue weighted by Crippen LogP contribution is -2.31. The molecule has 7 heteroatoms. The average Bonchev–Trinajstić information content (AvgIpc) is 3.16. The van der Waals surface area contributed by atoms with Crippen LogP contribution in [0.25, 0.3) is 0 Å². The molecule has 0 spiro atoms. The maximum atomic E-state index is 12.9. The number of hydrogen-bond acceptors (Lipinski definition) is 4. The average molecular weight is 479 g/mol. The second-order valence-electron chi connectivity index (χ2n) is 8.41. The van der Waals surface area contributed by atoms with Gasteiger partial charge in [-0.25, -0.2) is 8.42 Å². The molecule has 6 nitrogen and oxygen atoms in total. The monoisotopic (exact) mass is 478 g/mol. The van der Waals surface area contributed by atoms with E-state index in [0.717, 1.165) is 32.1 Å². The highest BCUT2D eigenvalue weighted by molar-refractivity contribution is 7.89. The molecule has 0 radical (unpaired) electrons. The van der Waals surface area contributed by atoms with E-state index in [1.54, 1.807) is 52.8 Å². The SMILES string of the molecule is O=C(Nc1ccc(S(=O)(=O)N2CCCCCC2)cc1)c1ccc(OCCc2ccccc2)cc1. The molecule has 34 heavy (non-hydrogen) atoms. The first kappa shape index (κ1) is 24.0. The summed E-state index contributed by atoms with van der Waals surface area (Å²) in [5, 5.41) is 2.82. The normalized spacial score (nSPS) is 14.8. The fourth-order valence-corrected chi connectivity index (χ4v) is 5.50. The van der Waals surface area contributed by atoms with Crippen LogP contribution in [0.15, 0.2) is 83.8 Å². The van der Waals surface area contributed by atoms with Gasteiger partial charge < -0.3 is 10.1 Å². The van der Waals surface area contributed by atoms with Crippen molar-refractivity contribution in [1.82, 2.24) is 4.31 Å². The van der Waals surface area contributed by atoms with Crippen molar-refractivity contribution < 1.29 is 17.9 Å². The Morgan fingerprint density at radius 2 is 1.47 bits per heavy atom. The maximum Gasteiger partial charge on any atom is 0.255 e. The summed E-state index contributed by atoms with van der Waals surface area (Å²) in [4.78, 5) is 12.9. The molecular formula is C27H30N2O4S. The minimum atomic E-state index is -3.51. The second kappa shape index (κ2) is 11.3. The van der Waals surface area contributed by atoms with Crippen molar-refractivity contribution in [3.05, 3.63) is 90.0 Å². The Morgan fingerprint density at radius 1 is 0.824 bits per heavy atom. The molecule has 3 aromatic carbocycles. The van der Waals surface area contributed by atoms with Gasteiger partial charge in [-0.2, -0.15) is 4.31 Å². The predicted octanol–water partition coefficient (Wildman–Crippen LogP) is 5.13. The molecule has 1 fully saturated rings. The number of nitrogens with one attached hydrogen (secondary N) is 1. The second-order valence-corrected chi connectivity index (χ2v) is 10.3. The molecule has 0 aliphatic carbocycles. The number of benzene rings is 3. The number of rotatable bonds is 8. The molecule has 4 rings (SSSR count). The van der Waals surface area contributed by atoms with Crippen LogP contribution in [-0.4, -0.2) is 38.3 Å². The zero-order valence-corrected chi connectivity index (χ0v) is 20.0. The van der Waals surface area contributed by atoms with E-state index in [-0.39, 0.29) is 10.8 Å². The molecule has 1 saturated heterocycles. The van der Waals surface area contributed by atoms with Crippen molar-refractivity contribution in [3.8, 4) is 5.75 Å². The highest BCUT2D eigenvalue weighted by Gasteiger charge is 2.25. The Kier molecular flexibility index (Phi) is 7.98. The lowest BCUT2D eigenvalue weighted by atomic mass is 10.2. The smallest absolute Gasteiger partial charge is 0.255 e. The molecule has 0 unspecified atom stereocenters. The van der Waals surface area contributed by atoms with Crippen LogP contribution in [-0.2, 0) is 16.4 Å². The van der Waals surface area contributed by atoms with Crippen LogP contribution in [0.4, 0.5) is 5.69 Å². The molecule has 0 atom stereocenters. The quantitative estimate of drug-likeness (QED) is 0.487. The number of carbonyl (C=O) groups is 1. The Bertz CT molecular complexity index is 1170. The summed E-state index contributed by atoms with van der Waals surface area (Å²) in [5.74, 6) is 0.439. The van der Waals surface area contributed by atoms with Gasteiger partial charge in [-0.3, -0.25) is 4.79 Å². The summed E-state index contributed by atoms with van der Waals surface area (Å²) in [7, 11) is -3.51. The van der Waals surface area contributed by atoms with Crippen LogP contribution < -0.4 is 10.1 Å². The Balaban J connectivity index is 1.31. The third kappa shape index (κ3) is 6.24. The van der Waals surface area contributed by atoms with Gasteiger partial charge in [0.1, 0.15) is 5.75 Å². The number of carbonyl (C=O) groups excluding carboxylic acids is 1. The summed E-state index contributed by atoms with van der Waals surface area (Å²) in [5.41, 5.74) is 2.25. The highest BCUT2D eigenvalue weighted by Crippen LogP contribution is 2.22. The van der Waals surface area contributed by atoms with Gasteiger partial charge in [0, 0.05) is 30.8 Å². The highest BCUT2D eigenvalue weighted by atomic mass is 32.2. The van der Waals surface area contributed by atoms with Crippen molar-refractivity contribution in [2.75, 3.05) is 25.0 Å². The summed E-state index contributed by atoms with van der Waals surface area (Å²) in [6.07, 6.45) is 4.73. The Morgan fingerprint density at radius 3 is 2.12 bits per heavy atom. The third-order valence-electron chi connectivity index (χ3n) is 5.93. The van der Waals surface area contributed by atoms with Gasteiger partial charge in [-0.05, 0) is 66.9 Å². The zero-order valence-electron chi connectivity index (χ0n) is 19.2. The largest absolute Gasteiger partial charge is 0.493 e. The molecule has 1 amide bonds. The summed E-state index contributed by atoms with van der Waals surface area (Å²) < 4.78 is 33.2. The molecule has 1 N–H and O–H groups in total. The van der Waals surface area contributed by atoms with E-state index in [4.69, 9.17) is 4.74 Å². The summed E-state index contributed by atoms with van der Waals surface area (Å²) in [6, 6.07) is 23.5. The molecular weight excluding hydrogens is 448 g/mol. The fraction of sp³-hybridized carbons (Fsp3) is 0.296. The first-order chi connectivity index (χ1) is 16.5. The van der Waals surface area contributed by atoms with Gasteiger partial charge in [0.25, 0.3) is 5.91 Å². The van der Waals surface area contributed by atoms with Crippen molar-refractivity contribution in [1.29, 1.82) is 0 Å². The topological polar surface area (TPSA) is 75.7 Å². The van der Waals surface area contributed by atoms with Crippen LogP contribution in [0.2, 0.25) is 0 Å². The maximum absolute atomic E-state index is 12.9. The first-order valence-corrected chi connectivity index (χ1v) is 13.1. The van der Waals surface area contributed by atoms with E-state index in [2.05, 4.69) is 17.4 Å². The molecule has 3 aromatic rings. The lowest BCUT2D eigenvalue weighted by molar-refractivity contribution is 0.102. The Labute approximate surface area is 201 Å².